The molecule has 0 bridgehead atoms. The second kappa shape index (κ2) is 3.62. The van der Waals surface area contributed by atoms with Crippen molar-refractivity contribution in [1.82, 2.24) is 0 Å². The van der Waals surface area contributed by atoms with Gasteiger partial charge in [0.2, 0.25) is 0 Å². The summed E-state index contributed by atoms with van der Waals surface area (Å²) in [5, 5.41) is 0.538. The summed E-state index contributed by atoms with van der Waals surface area (Å²) in [6, 6.07) is 0. The van der Waals surface area contributed by atoms with Gasteiger partial charge in [-0.1, -0.05) is 12.2 Å². The Balaban J connectivity index is 2.62. The highest BCUT2D eigenvalue weighted by Crippen LogP contribution is 2.24. The maximum Gasteiger partial charge on any atom is 0.0606 e. The van der Waals surface area contributed by atoms with E-state index in [9.17, 15) is 0 Å². The van der Waals surface area contributed by atoms with Crippen LogP contribution in [0.1, 0.15) is 13.8 Å². The van der Waals surface area contributed by atoms with Crippen LogP contribution in [0.4, 0.5) is 0 Å². The molecule has 1 nitrogen and oxygen atoms in total. The molecule has 0 aliphatic carbocycles. The first-order valence-corrected chi connectivity index (χ1v) is 4.29. The Hall–Kier alpha value is -0.500. The van der Waals surface area contributed by atoms with Gasteiger partial charge in [0.1, 0.15) is 0 Å². The largest absolute Gasteiger partial charge is 0.253 e. The quantitative estimate of drug-likeness (QED) is 0.564. The number of allylic oxidation sites excluding steroid dienone is 3. The van der Waals surface area contributed by atoms with Crippen molar-refractivity contribution >= 4 is 17.3 Å². The van der Waals surface area contributed by atoms with Crippen molar-refractivity contribution in [3.8, 4) is 0 Å². The van der Waals surface area contributed by atoms with Gasteiger partial charge in [0, 0.05) is 5.25 Å². The van der Waals surface area contributed by atoms with Crippen LogP contribution in [0.5, 0.6) is 0 Å². The average Bonchev–Trinajstić information content (AvgIpc) is 2.31. The van der Waals surface area contributed by atoms with Crippen LogP contribution in [0, 0.1) is 0 Å². The molecule has 0 aromatic rings. The Morgan fingerprint density at radius 1 is 1.70 bits per heavy atom. The summed E-state index contributed by atoms with van der Waals surface area (Å²) in [6.07, 6.45) is 6.09. The summed E-state index contributed by atoms with van der Waals surface area (Å²) >= 11 is 1.76. The molecule has 0 saturated carbocycles. The highest BCUT2D eigenvalue weighted by molar-refractivity contribution is 8.13. The SMILES string of the molecule is C/C=C\C=C1\N=CSC1C. The molecule has 0 aromatic carbocycles. The van der Waals surface area contributed by atoms with Crippen molar-refractivity contribution in [2.45, 2.75) is 19.1 Å². The van der Waals surface area contributed by atoms with Crippen molar-refractivity contribution in [2.24, 2.45) is 4.99 Å². The molecule has 0 radical (unpaired) electrons. The molecular formula is C8H11NS. The van der Waals surface area contributed by atoms with Gasteiger partial charge in [-0.3, -0.25) is 4.99 Å². The molecule has 2 heteroatoms. The first-order valence-electron chi connectivity index (χ1n) is 3.35. The minimum Gasteiger partial charge on any atom is -0.253 e. The molecule has 1 unspecified atom stereocenters. The minimum atomic E-state index is 0.538. The number of hydrogen-bond acceptors (Lipinski definition) is 2. The van der Waals surface area contributed by atoms with Crippen LogP contribution in [-0.4, -0.2) is 10.8 Å². The molecule has 1 heterocycles. The fraction of sp³-hybridized carbons (Fsp3) is 0.375. The van der Waals surface area contributed by atoms with Crippen LogP contribution < -0.4 is 0 Å². The fourth-order valence-corrected chi connectivity index (χ4v) is 1.37. The lowest BCUT2D eigenvalue weighted by Crippen LogP contribution is -1.90. The zero-order valence-corrected chi connectivity index (χ0v) is 7.06. The zero-order chi connectivity index (χ0) is 7.40. The van der Waals surface area contributed by atoms with E-state index in [1.165, 1.54) is 5.70 Å². The van der Waals surface area contributed by atoms with Gasteiger partial charge >= 0.3 is 0 Å². The standard InChI is InChI=1S/C8H11NS/c1-3-4-5-8-7(2)10-6-9-8/h3-7H,1-2H3/b4-3-,8-5+. The van der Waals surface area contributed by atoms with E-state index in [2.05, 4.69) is 18.0 Å². The fourth-order valence-electron chi connectivity index (χ4n) is 0.731. The summed E-state index contributed by atoms with van der Waals surface area (Å²) in [5.41, 5.74) is 3.07. The highest BCUT2D eigenvalue weighted by Gasteiger charge is 2.10. The molecule has 1 atom stereocenters. The summed E-state index contributed by atoms with van der Waals surface area (Å²) in [7, 11) is 0. The molecule has 0 spiro atoms. The first kappa shape index (κ1) is 7.61. The molecule has 0 amide bonds. The van der Waals surface area contributed by atoms with E-state index in [-0.39, 0.29) is 0 Å². The van der Waals surface area contributed by atoms with E-state index in [0.29, 0.717) is 5.25 Å². The van der Waals surface area contributed by atoms with Crippen LogP contribution in [0.15, 0.2) is 28.9 Å². The van der Waals surface area contributed by atoms with Crippen LogP contribution in [-0.2, 0) is 0 Å². The lowest BCUT2D eigenvalue weighted by molar-refractivity contribution is 1.11. The van der Waals surface area contributed by atoms with E-state index in [0.717, 1.165) is 0 Å². The summed E-state index contributed by atoms with van der Waals surface area (Å²) < 4.78 is 0. The molecule has 54 valence electrons. The third-order valence-corrected chi connectivity index (χ3v) is 2.22. The van der Waals surface area contributed by atoms with Gasteiger partial charge in [-0.15, -0.1) is 11.8 Å². The summed E-state index contributed by atoms with van der Waals surface area (Å²) in [5.74, 6) is 0. The maximum atomic E-state index is 4.20. The molecule has 0 fully saturated rings. The van der Waals surface area contributed by atoms with Crippen molar-refractivity contribution < 1.29 is 0 Å². The van der Waals surface area contributed by atoms with Gasteiger partial charge in [-0.2, -0.15) is 0 Å². The highest BCUT2D eigenvalue weighted by atomic mass is 32.2. The number of rotatable bonds is 1. The summed E-state index contributed by atoms with van der Waals surface area (Å²) in [6.45, 7) is 4.17. The van der Waals surface area contributed by atoms with Crippen molar-refractivity contribution in [3.63, 3.8) is 0 Å². The van der Waals surface area contributed by atoms with E-state index in [4.69, 9.17) is 0 Å². The first-order chi connectivity index (χ1) is 4.84. The molecule has 0 N–H and O–H groups in total. The van der Waals surface area contributed by atoms with Crippen molar-refractivity contribution in [2.75, 3.05) is 0 Å². The smallest absolute Gasteiger partial charge is 0.0606 e. The Bertz CT molecular complexity index is 191. The van der Waals surface area contributed by atoms with Crippen LogP contribution in [0.3, 0.4) is 0 Å². The average molecular weight is 153 g/mol. The Morgan fingerprint density at radius 3 is 3.00 bits per heavy atom. The predicted octanol–water partition coefficient (Wildman–Crippen LogP) is 2.61. The van der Waals surface area contributed by atoms with Gasteiger partial charge in [-0.05, 0) is 19.9 Å². The maximum absolute atomic E-state index is 4.20. The minimum absolute atomic E-state index is 0.538. The lowest BCUT2D eigenvalue weighted by atomic mass is 10.3. The topological polar surface area (TPSA) is 12.4 Å². The second-order valence-corrected chi connectivity index (χ2v) is 3.32. The van der Waals surface area contributed by atoms with E-state index in [1.54, 1.807) is 11.8 Å². The number of nitrogens with zero attached hydrogens (tertiary/aromatic N) is 1. The molecular weight excluding hydrogens is 142 g/mol. The number of thioether (sulfide) groups is 1. The molecule has 1 aliphatic rings. The van der Waals surface area contributed by atoms with E-state index < -0.39 is 0 Å². The Morgan fingerprint density at radius 2 is 2.50 bits per heavy atom. The third kappa shape index (κ3) is 1.74. The van der Waals surface area contributed by atoms with E-state index in [1.807, 2.05) is 24.6 Å². The van der Waals surface area contributed by atoms with Gasteiger partial charge in [-0.25, -0.2) is 0 Å². The molecule has 0 aromatic heterocycles. The Labute approximate surface area is 65.9 Å². The van der Waals surface area contributed by atoms with Gasteiger partial charge in [0.05, 0.1) is 11.2 Å². The van der Waals surface area contributed by atoms with E-state index >= 15 is 0 Å². The Kier molecular flexibility index (Phi) is 2.75. The van der Waals surface area contributed by atoms with Crippen molar-refractivity contribution in [3.05, 3.63) is 23.9 Å². The molecule has 10 heavy (non-hydrogen) atoms. The third-order valence-electron chi connectivity index (χ3n) is 1.34. The van der Waals surface area contributed by atoms with Gasteiger partial charge < -0.3 is 0 Å². The normalized spacial score (nSPS) is 29.0. The summed E-state index contributed by atoms with van der Waals surface area (Å²) in [4.78, 5) is 4.20. The van der Waals surface area contributed by atoms with Crippen LogP contribution in [0.2, 0.25) is 0 Å². The van der Waals surface area contributed by atoms with Gasteiger partial charge in [0.25, 0.3) is 0 Å². The molecule has 0 saturated heterocycles. The van der Waals surface area contributed by atoms with Crippen molar-refractivity contribution in [1.29, 1.82) is 0 Å². The predicted molar refractivity (Wildman–Crippen MR) is 48.4 cm³/mol. The molecule has 1 aliphatic heterocycles. The van der Waals surface area contributed by atoms with Gasteiger partial charge in [0.15, 0.2) is 0 Å². The zero-order valence-electron chi connectivity index (χ0n) is 6.24. The number of aliphatic imine (C=N–C) groups is 1. The van der Waals surface area contributed by atoms with Crippen LogP contribution >= 0.6 is 11.8 Å². The second-order valence-electron chi connectivity index (χ2n) is 2.13. The van der Waals surface area contributed by atoms with Crippen LogP contribution in [0.25, 0.3) is 0 Å². The lowest BCUT2D eigenvalue weighted by Gasteiger charge is -1.97. The number of hydrogen-bond donors (Lipinski definition) is 0. The monoisotopic (exact) mass is 153 g/mol. The molecule has 1 rings (SSSR count).